The Bertz CT molecular complexity index is 2790. The van der Waals surface area contributed by atoms with Crippen LogP contribution in [0.25, 0.3) is 88.0 Å². The maximum absolute atomic E-state index is 9.90. The Kier molecular flexibility index (Phi) is 4.63. The van der Waals surface area contributed by atoms with Crippen LogP contribution in [-0.4, -0.2) is 0 Å². The minimum absolute atomic E-state index is 0.0286. The molecule has 0 aliphatic heterocycles. The summed E-state index contributed by atoms with van der Waals surface area (Å²) in [5.74, 6) is 0. The molecule has 0 saturated carbocycles. The lowest BCUT2D eigenvalue weighted by Crippen LogP contribution is -1.92. The van der Waals surface area contributed by atoms with Gasteiger partial charge in [-0.1, -0.05) is 152 Å². The zero-order chi connectivity index (χ0) is 35.0. The quantitative estimate of drug-likeness (QED) is 0.189. The Labute approximate surface area is 270 Å². The molecule has 1 nitrogen and oxygen atoms in total. The van der Waals surface area contributed by atoms with Gasteiger partial charge in [0, 0.05) is 10.8 Å². The number of benzene rings is 8. The zero-order valence-corrected chi connectivity index (χ0v) is 24.1. The van der Waals surface area contributed by atoms with E-state index in [1.807, 2.05) is 84.9 Å². The third-order valence-electron chi connectivity index (χ3n) is 8.60. The van der Waals surface area contributed by atoms with Gasteiger partial charge in [-0.2, -0.15) is 0 Å². The highest BCUT2D eigenvalue weighted by Gasteiger charge is 2.21. The van der Waals surface area contributed by atoms with Gasteiger partial charge in [-0.15, -0.1) is 0 Å². The van der Waals surface area contributed by atoms with Gasteiger partial charge in [0.1, 0.15) is 11.2 Å². The first-order chi connectivity index (χ1) is 24.8. The van der Waals surface area contributed by atoms with Crippen LogP contribution in [0.1, 0.15) is 8.22 Å². The predicted octanol–water partition coefficient (Wildman–Crippen LogP) is 12.6. The molecule has 0 amide bonds. The standard InChI is InChI=1S/C44H28O/c1-3-13-29(14-4-1)31-23-25-32(26-24-31)42-34-17-7-9-19-36(34)43(37-20-10-8-18-35(37)42)39-27-33(30-15-5-2-6-16-30)28-41-44(39)38-21-11-12-22-40(38)45-41/h1-28H/i11D,12D,21D,22D,27D,28D. The van der Waals surface area contributed by atoms with Crippen molar-refractivity contribution in [3.63, 3.8) is 0 Å². The highest BCUT2D eigenvalue weighted by Crippen LogP contribution is 2.48. The Balaban J connectivity index is 1.46. The van der Waals surface area contributed by atoms with Crippen molar-refractivity contribution in [1.82, 2.24) is 0 Å². The number of hydrogen-bond acceptors (Lipinski definition) is 1. The zero-order valence-electron chi connectivity index (χ0n) is 30.1. The van der Waals surface area contributed by atoms with Gasteiger partial charge in [-0.05, 0) is 84.2 Å². The molecule has 0 fully saturated rings. The molecule has 9 aromatic rings. The van der Waals surface area contributed by atoms with E-state index < -0.39 is 12.1 Å². The lowest BCUT2D eigenvalue weighted by Gasteiger charge is -2.19. The van der Waals surface area contributed by atoms with Crippen LogP contribution >= 0.6 is 0 Å². The molecule has 0 aliphatic rings. The predicted molar refractivity (Wildman–Crippen MR) is 190 cm³/mol. The molecule has 0 atom stereocenters. The molecule has 0 spiro atoms. The summed E-state index contributed by atoms with van der Waals surface area (Å²) in [5.41, 5.74) is 6.67. The molecule has 0 aliphatic carbocycles. The molecule has 9 rings (SSSR count). The van der Waals surface area contributed by atoms with Gasteiger partial charge in [0.15, 0.2) is 0 Å². The van der Waals surface area contributed by atoms with E-state index in [0.717, 1.165) is 49.4 Å². The Morgan fingerprint density at radius 3 is 1.49 bits per heavy atom. The highest BCUT2D eigenvalue weighted by atomic mass is 16.3. The van der Waals surface area contributed by atoms with Crippen molar-refractivity contribution in [2.75, 3.05) is 0 Å². The van der Waals surface area contributed by atoms with Gasteiger partial charge in [0.25, 0.3) is 0 Å². The largest absolute Gasteiger partial charge is 0.456 e. The molecule has 0 radical (unpaired) electrons. The molecule has 210 valence electrons. The first-order valence-corrected chi connectivity index (χ1v) is 15.0. The molecule has 8 aromatic carbocycles. The summed E-state index contributed by atoms with van der Waals surface area (Å²) in [6.45, 7) is 0. The van der Waals surface area contributed by atoms with Gasteiger partial charge in [-0.3, -0.25) is 0 Å². The Hall–Kier alpha value is -5.92. The SMILES string of the molecule is [2H]c1c([2H])c([2H])c2c(oc3c([2H])c(-c4ccccc4)c([2H])c(-c4c5ccccc5c(-c5ccc(-c6ccccc6)cc5)c5ccccc45)c32)c1[2H]. The lowest BCUT2D eigenvalue weighted by molar-refractivity contribution is 0.669. The summed E-state index contributed by atoms with van der Waals surface area (Å²) in [5, 5.41) is 4.19. The molecule has 0 bridgehead atoms. The second kappa shape index (κ2) is 10.4. The molecule has 0 unspecified atom stereocenters. The summed E-state index contributed by atoms with van der Waals surface area (Å²) in [6.07, 6.45) is 0. The number of rotatable bonds is 4. The molecular formula is C44H28O. The smallest absolute Gasteiger partial charge is 0.136 e. The van der Waals surface area contributed by atoms with Crippen molar-refractivity contribution in [2.45, 2.75) is 0 Å². The van der Waals surface area contributed by atoms with Crippen LogP contribution < -0.4 is 0 Å². The van der Waals surface area contributed by atoms with E-state index in [9.17, 15) is 2.74 Å². The molecule has 1 heterocycles. The van der Waals surface area contributed by atoms with Crippen LogP contribution in [0.2, 0.25) is 0 Å². The van der Waals surface area contributed by atoms with Crippen LogP contribution in [0.5, 0.6) is 0 Å². The monoisotopic (exact) mass is 578 g/mol. The Morgan fingerprint density at radius 1 is 0.378 bits per heavy atom. The summed E-state index contributed by atoms with van der Waals surface area (Å²) in [6, 6.07) is 43.0. The van der Waals surface area contributed by atoms with E-state index in [0.29, 0.717) is 22.1 Å². The fraction of sp³-hybridized carbons (Fsp3) is 0. The van der Waals surface area contributed by atoms with Crippen molar-refractivity contribution in [3.05, 3.63) is 170 Å². The van der Waals surface area contributed by atoms with Crippen molar-refractivity contribution in [2.24, 2.45) is 0 Å². The average Bonchev–Trinajstić information content (AvgIpc) is 3.58. The second-order valence-electron chi connectivity index (χ2n) is 11.2. The van der Waals surface area contributed by atoms with E-state index in [-0.39, 0.29) is 40.7 Å². The normalized spacial score (nSPS) is 13.4. The third-order valence-corrected chi connectivity index (χ3v) is 8.60. The van der Waals surface area contributed by atoms with Crippen LogP contribution in [-0.2, 0) is 0 Å². The molecule has 1 aromatic heterocycles. The third kappa shape index (κ3) is 4.17. The van der Waals surface area contributed by atoms with Crippen LogP contribution in [0.3, 0.4) is 0 Å². The highest BCUT2D eigenvalue weighted by molar-refractivity contribution is 6.26. The lowest BCUT2D eigenvalue weighted by atomic mass is 9.84. The van der Waals surface area contributed by atoms with E-state index in [2.05, 4.69) is 48.5 Å². The topological polar surface area (TPSA) is 13.1 Å². The number of fused-ring (bicyclic) bond motifs is 5. The van der Waals surface area contributed by atoms with Gasteiger partial charge in [0.2, 0.25) is 0 Å². The van der Waals surface area contributed by atoms with E-state index in [4.69, 9.17) is 9.90 Å². The first-order valence-electron chi connectivity index (χ1n) is 18.0. The van der Waals surface area contributed by atoms with E-state index >= 15 is 0 Å². The average molecular weight is 579 g/mol. The van der Waals surface area contributed by atoms with Crippen molar-refractivity contribution in [1.29, 1.82) is 0 Å². The summed E-state index contributed by atoms with van der Waals surface area (Å²) >= 11 is 0. The van der Waals surface area contributed by atoms with Gasteiger partial charge in [0.05, 0.1) is 8.22 Å². The van der Waals surface area contributed by atoms with Gasteiger partial charge >= 0.3 is 0 Å². The maximum atomic E-state index is 9.90. The number of hydrogen-bond donors (Lipinski definition) is 0. The van der Waals surface area contributed by atoms with Crippen LogP contribution in [0, 0.1) is 0 Å². The van der Waals surface area contributed by atoms with E-state index in [1.165, 1.54) is 0 Å². The van der Waals surface area contributed by atoms with E-state index in [1.54, 1.807) is 0 Å². The molecule has 1 heteroatoms. The van der Waals surface area contributed by atoms with Crippen LogP contribution in [0.15, 0.2) is 174 Å². The molecule has 0 saturated heterocycles. The number of para-hydroxylation sites is 1. The Morgan fingerprint density at radius 2 is 0.867 bits per heavy atom. The van der Waals surface area contributed by atoms with Crippen molar-refractivity contribution < 1.29 is 12.6 Å². The van der Waals surface area contributed by atoms with Gasteiger partial charge < -0.3 is 4.42 Å². The summed E-state index contributed by atoms with van der Waals surface area (Å²) in [7, 11) is 0. The van der Waals surface area contributed by atoms with Crippen molar-refractivity contribution in [3.8, 4) is 44.5 Å². The number of furan rings is 1. The van der Waals surface area contributed by atoms with Crippen molar-refractivity contribution >= 4 is 43.5 Å². The molecular weight excluding hydrogens is 544 g/mol. The maximum Gasteiger partial charge on any atom is 0.136 e. The molecule has 0 N–H and O–H groups in total. The first kappa shape index (κ1) is 20.1. The van der Waals surface area contributed by atoms with Crippen LogP contribution in [0.4, 0.5) is 0 Å². The fourth-order valence-electron chi connectivity index (χ4n) is 6.58. The fourth-order valence-corrected chi connectivity index (χ4v) is 6.58. The minimum Gasteiger partial charge on any atom is -0.456 e. The second-order valence-corrected chi connectivity index (χ2v) is 11.2. The molecule has 45 heavy (non-hydrogen) atoms. The minimum atomic E-state index is -0.410. The summed E-state index contributed by atoms with van der Waals surface area (Å²) in [4.78, 5) is 0. The van der Waals surface area contributed by atoms with Gasteiger partial charge in [-0.25, -0.2) is 0 Å². The summed E-state index contributed by atoms with van der Waals surface area (Å²) < 4.78 is 60.3.